The molecule has 1 amide bonds. The monoisotopic (exact) mass is 405 g/mol. The first-order valence-corrected chi connectivity index (χ1v) is 8.90. The smallest absolute Gasteiger partial charge is 0.387 e. The zero-order valence-corrected chi connectivity index (χ0v) is 16.0. The molecule has 0 saturated carbocycles. The molecule has 0 heterocycles. The molecule has 8 heteroatoms. The Morgan fingerprint density at radius 1 is 1.00 bits per heavy atom. The number of esters is 1. The summed E-state index contributed by atoms with van der Waals surface area (Å²) in [4.78, 5) is 36.2. The van der Waals surface area contributed by atoms with Crippen molar-refractivity contribution in [1.82, 2.24) is 0 Å². The second kappa shape index (κ2) is 10.3. The Morgan fingerprint density at radius 3 is 2.31 bits per heavy atom. The van der Waals surface area contributed by atoms with Crippen LogP contribution < -0.4 is 10.1 Å². The van der Waals surface area contributed by atoms with Crippen molar-refractivity contribution in [3.05, 3.63) is 59.7 Å². The van der Waals surface area contributed by atoms with Crippen LogP contribution >= 0.6 is 0 Å². The van der Waals surface area contributed by atoms with E-state index in [1.807, 2.05) is 6.92 Å². The maximum absolute atomic E-state index is 12.4. The Morgan fingerprint density at radius 2 is 1.66 bits per heavy atom. The highest BCUT2D eigenvalue weighted by Crippen LogP contribution is 2.25. The molecule has 0 fully saturated rings. The molecule has 0 aliphatic rings. The van der Waals surface area contributed by atoms with Gasteiger partial charge in [0, 0.05) is 12.0 Å². The molecular weight excluding hydrogens is 384 g/mol. The van der Waals surface area contributed by atoms with Gasteiger partial charge in [0.2, 0.25) is 0 Å². The molecular formula is C21H21F2NO5. The quantitative estimate of drug-likeness (QED) is 0.501. The average Bonchev–Trinajstić information content (AvgIpc) is 2.67. The number of benzene rings is 2. The van der Waals surface area contributed by atoms with Crippen LogP contribution in [0.2, 0.25) is 0 Å². The van der Waals surface area contributed by atoms with Gasteiger partial charge in [-0.15, -0.1) is 0 Å². The van der Waals surface area contributed by atoms with Crippen LogP contribution in [0.4, 0.5) is 14.5 Å². The molecule has 2 aromatic carbocycles. The summed E-state index contributed by atoms with van der Waals surface area (Å²) in [7, 11) is 0. The molecule has 1 atom stereocenters. The number of rotatable bonds is 9. The van der Waals surface area contributed by atoms with Gasteiger partial charge in [-0.2, -0.15) is 8.78 Å². The van der Waals surface area contributed by atoms with Crippen molar-refractivity contribution < 1.29 is 32.6 Å². The van der Waals surface area contributed by atoms with E-state index in [1.54, 1.807) is 24.3 Å². The number of aryl methyl sites for hydroxylation is 1. The van der Waals surface area contributed by atoms with E-state index < -0.39 is 24.6 Å². The number of anilines is 1. The van der Waals surface area contributed by atoms with Crippen molar-refractivity contribution in [2.75, 3.05) is 5.32 Å². The molecule has 0 aliphatic heterocycles. The standard InChI is InChI=1S/C21H21F2NO5/c1-13-7-9-15(10-8-13)17(25)11-12-19(26)28-14(2)20(27)24-16-5-3-4-6-18(16)29-21(22)23/h3-10,14,21H,11-12H2,1-2H3,(H,24,27)/t14-/m1/s1. The van der Waals surface area contributed by atoms with Gasteiger partial charge in [-0.1, -0.05) is 42.0 Å². The summed E-state index contributed by atoms with van der Waals surface area (Å²) >= 11 is 0. The zero-order chi connectivity index (χ0) is 21.4. The first-order chi connectivity index (χ1) is 13.8. The maximum Gasteiger partial charge on any atom is 0.387 e. The Balaban J connectivity index is 1.85. The van der Waals surface area contributed by atoms with E-state index in [-0.39, 0.29) is 30.1 Å². The lowest BCUT2D eigenvalue weighted by molar-refractivity contribution is -0.153. The molecule has 2 aromatic rings. The molecule has 0 bridgehead atoms. The SMILES string of the molecule is Cc1ccc(C(=O)CCC(=O)O[C@H](C)C(=O)Nc2ccccc2OC(F)F)cc1. The zero-order valence-electron chi connectivity index (χ0n) is 16.0. The lowest BCUT2D eigenvalue weighted by Crippen LogP contribution is -2.30. The first-order valence-electron chi connectivity index (χ1n) is 8.90. The van der Waals surface area contributed by atoms with Gasteiger partial charge < -0.3 is 14.8 Å². The largest absolute Gasteiger partial charge is 0.453 e. The minimum Gasteiger partial charge on any atom is -0.453 e. The average molecular weight is 405 g/mol. The summed E-state index contributed by atoms with van der Waals surface area (Å²) in [6.07, 6.45) is -1.42. The molecule has 29 heavy (non-hydrogen) atoms. The molecule has 0 spiro atoms. The molecule has 0 radical (unpaired) electrons. The summed E-state index contributed by atoms with van der Waals surface area (Å²) in [5.74, 6) is -1.85. The lowest BCUT2D eigenvalue weighted by Gasteiger charge is -2.15. The highest BCUT2D eigenvalue weighted by molar-refractivity contribution is 5.98. The van der Waals surface area contributed by atoms with Crippen molar-refractivity contribution in [3.63, 3.8) is 0 Å². The minimum absolute atomic E-state index is 0.0234. The fourth-order valence-corrected chi connectivity index (χ4v) is 2.41. The number of hydrogen-bond donors (Lipinski definition) is 1. The first kappa shape index (κ1) is 22.0. The Labute approximate surface area is 166 Å². The third-order valence-electron chi connectivity index (χ3n) is 3.97. The van der Waals surface area contributed by atoms with Gasteiger partial charge in [0.15, 0.2) is 11.9 Å². The van der Waals surface area contributed by atoms with E-state index in [1.165, 1.54) is 31.2 Å². The number of para-hydroxylation sites is 2. The van der Waals surface area contributed by atoms with E-state index in [4.69, 9.17) is 4.74 Å². The van der Waals surface area contributed by atoms with Gasteiger partial charge in [-0.3, -0.25) is 14.4 Å². The van der Waals surface area contributed by atoms with Crippen LogP contribution in [0.5, 0.6) is 5.75 Å². The maximum atomic E-state index is 12.4. The Hall–Kier alpha value is -3.29. The van der Waals surface area contributed by atoms with Crippen LogP contribution in [-0.4, -0.2) is 30.4 Å². The molecule has 154 valence electrons. The van der Waals surface area contributed by atoms with E-state index in [0.717, 1.165) is 5.56 Å². The van der Waals surface area contributed by atoms with Gasteiger partial charge in [-0.25, -0.2) is 0 Å². The molecule has 1 N–H and O–H groups in total. The number of nitrogens with one attached hydrogen (secondary N) is 1. The highest BCUT2D eigenvalue weighted by atomic mass is 19.3. The van der Waals surface area contributed by atoms with Crippen molar-refractivity contribution >= 4 is 23.3 Å². The third-order valence-corrected chi connectivity index (χ3v) is 3.97. The number of alkyl halides is 2. The van der Waals surface area contributed by atoms with Crippen molar-refractivity contribution in [2.45, 2.75) is 39.4 Å². The number of ether oxygens (including phenoxy) is 2. The number of Topliss-reactive ketones (excluding diaryl/α,β-unsaturated/α-hetero) is 1. The second-order valence-corrected chi connectivity index (χ2v) is 6.29. The number of amides is 1. The van der Waals surface area contributed by atoms with E-state index in [9.17, 15) is 23.2 Å². The fraction of sp³-hybridized carbons (Fsp3) is 0.286. The van der Waals surface area contributed by atoms with Gasteiger partial charge in [-0.05, 0) is 26.0 Å². The number of hydrogen-bond acceptors (Lipinski definition) is 5. The van der Waals surface area contributed by atoms with Crippen molar-refractivity contribution in [3.8, 4) is 5.75 Å². The number of halogens is 2. The summed E-state index contributed by atoms with van der Waals surface area (Å²) < 4.78 is 34.2. The van der Waals surface area contributed by atoms with E-state index >= 15 is 0 Å². The summed E-state index contributed by atoms with van der Waals surface area (Å²) in [6, 6.07) is 12.6. The Bertz CT molecular complexity index is 868. The third kappa shape index (κ3) is 6.99. The van der Waals surface area contributed by atoms with Gasteiger partial charge in [0.1, 0.15) is 5.75 Å². The number of carbonyl (C=O) groups excluding carboxylic acids is 3. The normalized spacial score (nSPS) is 11.6. The molecule has 0 aromatic heterocycles. The van der Waals surface area contributed by atoms with Crippen LogP contribution in [0.25, 0.3) is 0 Å². The summed E-state index contributed by atoms with van der Waals surface area (Å²) in [6.45, 7) is 0.191. The topological polar surface area (TPSA) is 81.7 Å². The minimum atomic E-state index is -3.05. The molecule has 0 unspecified atom stereocenters. The van der Waals surface area contributed by atoms with Gasteiger partial charge in [0.05, 0.1) is 12.1 Å². The Kier molecular flexibility index (Phi) is 7.82. The van der Waals surface area contributed by atoms with Crippen molar-refractivity contribution in [2.24, 2.45) is 0 Å². The van der Waals surface area contributed by atoms with Crippen LogP contribution in [0, 0.1) is 6.92 Å². The van der Waals surface area contributed by atoms with Crippen LogP contribution in [0.15, 0.2) is 48.5 Å². The van der Waals surface area contributed by atoms with E-state index in [2.05, 4.69) is 10.1 Å². The van der Waals surface area contributed by atoms with Gasteiger partial charge >= 0.3 is 12.6 Å². The number of ketones is 1. The van der Waals surface area contributed by atoms with Crippen LogP contribution in [0.1, 0.15) is 35.7 Å². The summed E-state index contributed by atoms with van der Waals surface area (Å²) in [5.41, 5.74) is 1.53. The fourth-order valence-electron chi connectivity index (χ4n) is 2.41. The highest BCUT2D eigenvalue weighted by Gasteiger charge is 2.20. The van der Waals surface area contributed by atoms with Crippen LogP contribution in [-0.2, 0) is 14.3 Å². The molecule has 0 saturated heterocycles. The lowest BCUT2D eigenvalue weighted by atomic mass is 10.1. The van der Waals surface area contributed by atoms with Crippen LogP contribution in [0.3, 0.4) is 0 Å². The molecule has 0 aliphatic carbocycles. The summed E-state index contributed by atoms with van der Waals surface area (Å²) in [5, 5.41) is 2.38. The van der Waals surface area contributed by atoms with E-state index in [0.29, 0.717) is 5.56 Å². The second-order valence-electron chi connectivity index (χ2n) is 6.29. The predicted molar refractivity (Wildman–Crippen MR) is 102 cm³/mol. The predicted octanol–water partition coefficient (Wildman–Crippen LogP) is 4.13. The molecule has 2 rings (SSSR count). The van der Waals surface area contributed by atoms with Gasteiger partial charge in [0.25, 0.3) is 5.91 Å². The molecule has 6 nitrogen and oxygen atoms in total. The van der Waals surface area contributed by atoms with Crippen molar-refractivity contribution in [1.29, 1.82) is 0 Å². The number of carbonyl (C=O) groups is 3.